The number of hydrogen-bond acceptors (Lipinski definition) is 3. The second-order valence-electron chi connectivity index (χ2n) is 2.73. The Hall–Kier alpha value is -0.580. The zero-order valence-corrected chi connectivity index (χ0v) is 7.39. The first-order valence-corrected chi connectivity index (χ1v) is 4.95. The maximum absolute atomic E-state index is 11.2. The maximum Gasteiger partial charge on any atom is 0.239 e. The SMILES string of the molecule is CC(=O)N(C)S(=O)(=O)C1CC1. The Morgan fingerprint density at radius 3 is 2.18 bits per heavy atom. The molecule has 0 heterocycles. The van der Waals surface area contributed by atoms with Gasteiger partial charge in [-0.1, -0.05) is 0 Å². The van der Waals surface area contributed by atoms with Crippen LogP contribution < -0.4 is 0 Å². The Morgan fingerprint density at radius 2 is 1.91 bits per heavy atom. The molecule has 64 valence electrons. The smallest absolute Gasteiger partial charge is 0.239 e. The molecular formula is C6H11NO3S. The molecule has 0 spiro atoms. The van der Waals surface area contributed by atoms with Gasteiger partial charge in [-0.3, -0.25) is 4.79 Å². The molecule has 0 bridgehead atoms. The number of rotatable bonds is 2. The van der Waals surface area contributed by atoms with Gasteiger partial charge in [-0.25, -0.2) is 12.7 Å². The summed E-state index contributed by atoms with van der Waals surface area (Å²) in [4.78, 5) is 10.7. The van der Waals surface area contributed by atoms with E-state index in [0.29, 0.717) is 12.8 Å². The van der Waals surface area contributed by atoms with Crippen molar-refractivity contribution >= 4 is 15.9 Å². The first-order chi connectivity index (χ1) is 4.96. The molecule has 0 aliphatic heterocycles. The van der Waals surface area contributed by atoms with Gasteiger partial charge in [-0.05, 0) is 12.8 Å². The van der Waals surface area contributed by atoms with Crippen LogP contribution in [-0.4, -0.2) is 30.9 Å². The first kappa shape index (κ1) is 8.52. The van der Waals surface area contributed by atoms with E-state index < -0.39 is 15.9 Å². The molecule has 0 radical (unpaired) electrons. The number of hydrogen-bond donors (Lipinski definition) is 0. The molecule has 0 atom stereocenters. The van der Waals surface area contributed by atoms with Crippen molar-refractivity contribution in [2.75, 3.05) is 7.05 Å². The second kappa shape index (κ2) is 2.48. The minimum absolute atomic E-state index is 0.295. The summed E-state index contributed by atoms with van der Waals surface area (Å²) in [5.74, 6) is -0.420. The Balaban J connectivity index is 2.79. The molecule has 11 heavy (non-hydrogen) atoms. The van der Waals surface area contributed by atoms with E-state index in [9.17, 15) is 13.2 Å². The van der Waals surface area contributed by atoms with Crippen LogP contribution in [0.2, 0.25) is 0 Å². The van der Waals surface area contributed by atoms with Crippen LogP contribution in [0.4, 0.5) is 0 Å². The standard InChI is InChI=1S/C6H11NO3S/c1-5(8)7(2)11(9,10)6-3-4-6/h6H,3-4H2,1-2H3. The summed E-state index contributed by atoms with van der Waals surface area (Å²) in [7, 11) is -1.98. The normalized spacial score (nSPS) is 18.0. The lowest BCUT2D eigenvalue weighted by molar-refractivity contribution is -0.123. The van der Waals surface area contributed by atoms with E-state index >= 15 is 0 Å². The molecule has 1 saturated carbocycles. The molecule has 5 heteroatoms. The lowest BCUT2D eigenvalue weighted by Gasteiger charge is -2.13. The lowest BCUT2D eigenvalue weighted by atomic mass is 10.7. The highest BCUT2D eigenvalue weighted by molar-refractivity contribution is 7.90. The molecule has 1 rings (SSSR count). The van der Waals surface area contributed by atoms with Crippen LogP contribution >= 0.6 is 0 Å². The van der Waals surface area contributed by atoms with E-state index in [-0.39, 0.29) is 5.25 Å². The fraction of sp³-hybridized carbons (Fsp3) is 0.833. The number of carbonyl (C=O) groups excluding carboxylic acids is 1. The summed E-state index contributed by atoms with van der Waals surface area (Å²) in [6.07, 6.45) is 1.39. The number of carbonyl (C=O) groups is 1. The van der Waals surface area contributed by atoms with E-state index in [1.54, 1.807) is 0 Å². The molecule has 0 N–H and O–H groups in total. The Bertz CT molecular complexity index is 266. The fourth-order valence-corrected chi connectivity index (χ4v) is 2.31. The lowest BCUT2D eigenvalue weighted by Crippen LogP contribution is -2.33. The monoisotopic (exact) mass is 177 g/mol. The Labute approximate surface area is 66.2 Å². The average molecular weight is 177 g/mol. The average Bonchev–Trinajstić information content (AvgIpc) is 2.66. The summed E-state index contributed by atoms with van der Waals surface area (Å²) in [5, 5.41) is -0.295. The van der Waals surface area contributed by atoms with Crippen LogP contribution in [0, 0.1) is 0 Å². The van der Waals surface area contributed by atoms with Crippen LogP contribution in [0.25, 0.3) is 0 Å². The third kappa shape index (κ3) is 1.53. The van der Waals surface area contributed by atoms with E-state index in [1.807, 2.05) is 0 Å². The molecule has 0 saturated heterocycles. The summed E-state index contributed by atoms with van der Waals surface area (Å²) in [6, 6.07) is 0. The number of sulfonamides is 1. The van der Waals surface area contributed by atoms with Crippen molar-refractivity contribution in [3.05, 3.63) is 0 Å². The van der Waals surface area contributed by atoms with Crippen LogP contribution in [-0.2, 0) is 14.8 Å². The van der Waals surface area contributed by atoms with Crippen molar-refractivity contribution in [2.45, 2.75) is 25.0 Å². The fourth-order valence-electron chi connectivity index (χ4n) is 0.769. The van der Waals surface area contributed by atoms with Gasteiger partial charge in [0.2, 0.25) is 15.9 Å². The van der Waals surface area contributed by atoms with Crippen LogP contribution in [0.15, 0.2) is 0 Å². The van der Waals surface area contributed by atoms with E-state index in [0.717, 1.165) is 4.31 Å². The van der Waals surface area contributed by atoms with Gasteiger partial charge < -0.3 is 0 Å². The van der Waals surface area contributed by atoms with Gasteiger partial charge in [-0.2, -0.15) is 0 Å². The van der Waals surface area contributed by atoms with Crippen molar-refractivity contribution in [3.63, 3.8) is 0 Å². The van der Waals surface area contributed by atoms with E-state index in [1.165, 1.54) is 14.0 Å². The molecule has 0 unspecified atom stereocenters. The van der Waals surface area contributed by atoms with Crippen LogP contribution in [0.5, 0.6) is 0 Å². The van der Waals surface area contributed by atoms with Gasteiger partial charge in [0.05, 0.1) is 5.25 Å². The number of amides is 1. The van der Waals surface area contributed by atoms with Gasteiger partial charge >= 0.3 is 0 Å². The van der Waals surface area contributed by atoms with Crippen molar-refractivity contribution in [3.8, 4) is 0 Å². The maximum atomic E-state index is 11.2. The summed E-state index contributed by atoms with van der Waals surface area (Å²) >= 11 is 0. The van der Waals surface area contributed by atoms with Gasteiger partial charge in [0.25, 0.3) is 0 Å². The third-order valence-electron chi connectivity index (χ3n) is 1.77. The highest BCUT2D eigenvalue weighted by atomic mass is 32.2. The highest BCUT2D eigenvalue weighted by Gasteiger charge is 2.39. The van der Waals surface area contributed by atoms with E-state index in [2.05, 4.69) is 0 Å². The predicted octanol–water partition coefficient (Wildman–Crippen LogP) is -0.0431. The molecule has 0 aromatic rings. The van der Waals surface area contributed by atoms with Crippen molar-refractivity contribution in [2.24, 2.45) is 0 Å². The van der Waals surface area contributed by atoms with Crippen molar-refractivity contribution in [1.82, 2.24) is 4.31 Å². The van der Waals surface area contributed by atoms with Crippen LogP contribution in [0.3, 0.4) is 0 Å². The van der Waals surface area contributed by atoms with Gasteiger partial charge in [0.15, 0.2) is 0 Å². The molecule has 1 amide bonds. The molecule has 0 aromatic heterocycles. The first-order valence-electron chi connectivity index (χ1n) is 3.44. The topological polar surface area (TPSA) is 54.5 Å². The van der Waals surface area contributed by atoms with Crippen LogP contribution in [0.1, 0.15) is 19.8 Å². The van der Waals surface area contributed by atoms with E-state index in [4.69, 9.17) is 0 Å². The number of nitrogens with zero attached hydrogens (tertiary/aromatic N) is 1. The Morgan fingerprint density at radius 1 is 1.45 bits per heavy atom. The second-order valence-corrected chi connectivity index (χ2v) is 4.98. The molecule has 0 aromatic carbocycles. The van der Waals surface area contributed by atoms with Crippen molar-refractivity contribution < 1.29 is 13.2 Å². The minimum Gasteiger partial charge on any atom is -0.274 e. The Kier molecular flexibility index (Phi) is 1.92. The minimum atomic E-state index is -3.28. The molecule has 4 nitrogen and oxygen atoms in total. The molecule has 1 aliphatic carbocycles. The quantitative estimate of drug-likeness (QED) is 0.594. The zero-order valence-electron chi connectivity index (χ0n) is 6.57. The summed E-state index contributed by atoms with van der Waals surface area (Å²) in [6.45, 7) is 1.25. The highest BCUT2D eigenvalue weighted by Crippen LogP contribution is 2.30. The largest absolute Gasteiger partial charge is 0.274 e. The van der Waals surface area contributed by atoms with Crippen molar-refractivity contribution in [1.29, 1.82) is 0 Å². The molecule has 1 fully saturated rings. The summed E-state index contributed by atoms with van der Waals surface area (Å²) in [5.41, 5.74) is 0. The van der Waals surface area contributed by atoms with Gasteiger partial charge in [0.1, 0.15) is 0 Å². The molecular weight excluding hydrogens is 166 g/mol. The molecule has 1 aliphatic rings. The van der Waals surface area contributed by atoms with Gasteiger partial charge in [0, 0.05) is 14.0 Å². The zero-order chi connectivity index (χ0) is 8.65. The van der Waals surface area contributed by atoms with Gasteiger partial charge in [-0.15, -0.1) is 0 Å². The third-order valence-corrected chi connectivity index (χ3v) is 4.11. The summed E-state index contributed by atoms with van der Waals surface area (Å²) < 4.78 is 23.3. The predicted molar refractivity (Wildman–Crippen MR) is 40.4 cm³/mol.